The van der Waals surface area contributed by atoms with Crippen molar-refractivity contribution in [1.82, 2.24) is 20.1 Å². The monoisotopic (exact) mass is 457 g/mol. The predicted octanol–water partition coefficient (Wildman–Crippen LogP) is 4.31. The standard InChI is InChI=1S/C22H24ClN5O2S/c1-13-5-8-16(9-6-13)21(30)24-15(3)20-26-27-22(28(20)4)31-12-19(29)25-17-10-7-14(2)18(23)11-17/h5-11,15H,12H2,1-4H3,(H,24,30)(H,25,29)/t15-/m1/s1. The van der Waals surface area contributed by atoms with Gasteiger partial charge in [-0.05, 0) is 50.6 Å². The first-order chi connectivity index (χ1) is 14.7. The molecule has 3 aromatic rings. The molecule has 0 bridgehead atoms. The van der Waals surface area contributed by atoms with Gasteiger partial charge in [0.15, 0.2) is 11.0 Å². The molecular weight excluding hydrogens is 434 g/mol. The second kappa shape index (κ2) is 9.98. The zero-order chi connectivity index (χ0) is 22.5. The van der Waals surface area contributed by atoms with E-state index >= 15 is 0 Å². The molecular formula is C22H24ClN5O2S. The quantitative estimate of drug-likeness (QED) is 0.516. The highest BCUT2D eigenvalue weighted by Crippen LogP contribution is 2.22. The van der Waals surface area contributed by atoms with Gasteiger partial charge in [-0.1, -0.05) is 47.1 Å². The number of carbonyl (C=O) groups is 2. The fourth-order valence-electron chi connectivity index (χ4n) is 2.88. The Bertz CT molecular complexity index is 1100. The average Bonchev–Trinajstić information content (AvgIpc) is 3.10. The number of anilines is 1. The van der Waals surface area contributed by atoms with Crippen LogP contribution in [0.5, 0.6) is 0 Å². The number of hydrogen-bond acceptors (Lipinski definition) is 5. The van der Waals surface area contributed by atoms with E-state index in [1.54, 1.807) is 22.8 Å². The van der Waals surface area contributed by atoms with E-state index in [1.807, 2.05) is 52.1 Å². The fourth-order valence-corrected chi connectivity index (χ4v) is 3.77. The summed E-state index contributed by atoms with van der Waals surface area (Å²) < 4.78 is 1.78. The maximum absolute atomic E-state index is 12.5. The van der Waals surface area contributed by atoms with Gasteiger partial charge in [-0.3, -0.25) is 9.59 Å². The maximum atomic E-state index is 12.5. The molecule has 31 heavy (non-hydrogen) atoms. The van der Waals surface area contributed by atoms with Crippen LogP contribution >= 0.6 is 23.4 Å². The number of rotatable bonds is 7. The molecule has 3 rings (SSSR count). The molecule has 0 spiro atoms. The van der Waals surface area contributed by atoms with Gasteiger partial charge in [0.05, 0.1) is 11.8 Å². The molecule has 0 saturated heterocycles. The average molecular weight is 458 g/mol. The van der Waals surface area contributed by atoms with Gasteiger partial charge in [0.1, 0.15) is 0 Å². The Morgan fingerprint density at radius 1 is 1.13 bits per heavy atom. The molecule has 9 heteroatoms. The summed E-state index contributed by atoms with van der Waals surface area (Å²) in [4.78, 5) is 24.7. The molecule has 7 nitrogen and oxygen atoms in total. The Labute approximate surface area is 190 Å². The smallest absolute Gasteiger partial charge is 0.251 e. The Hall–Kier alpha value is -2.84. The zero-order valence-electron chi connectivity index (χ0n) is 17.8. The Morgan fingerprint density at radius 3 is 2.52 bits per heavy atom. The van der Waals surface area contributed by atoms with E-state index in [4.69, 9.17) is 11.6 Å². The van der Waals surface area contributed by atoms with Crippen molar-refractivity contribution in [2.75, 3.05) is 11.1 Å². The summed E-state index contributed by atoms with van der Waals surface area (Å²) >= 11 is 7.37. The van der Waals surface area contributed by atoms with Crippen molar-refractivity contribution in [1.29, 1.82) is 0 Å². The predicted molar refractivity (Wildman–Crippen MR) is 124 cm³/mol. The van der Waals surface area contributed by atoms with E-state index < -0.39 is 0 Å². The van der Waals surface area contributed by atoms with Gasteiger partial charge in [-0.2, -0.15) is 0 Å². The first kappa shape index (κ1) is 22.8. The van der Waals surface area contributed by atoms with E-state index in [0.29, 0.717) is 27.3 Å². The molecule has 2 amide bonds. The van der Waals surface area contributed by atoms with Crippen LogP contribution in [-0.4, -0.2) is 32.3 Å². The van der Waals surface area contributed by atoms with Crippen LogP contribution in [0.1, 0.15) is 40.3 Å². The molecule has 0 aliphatic rings. The Kier molecular flexibility index (Phi) is 7.35. The largest absolute Gasteiger partial charge is 0.342 e. The third-order valence-corrected chi connectivity index (χ3v) is 6.13. The fraction of sp³-hybridized carbons (Fsp3) is 0.273. The molecule has 0 radical (unpaired) electrons. The number of thioether (sulfide) groups is 1. The molecule has 1 aromatic heterocycles. The van der Waals surface area contributed by atoms with Crippen molar-refractivity contribution in [3.8, 4) is 0 Å². The van der Waals surface area contributed by atoms with Crippen LogP contribution in [0.25, 0.3) is 0 Å². The molecule has 162 valence electrons. The summed E-state index contributed by atoms with van der Waals surface area (Å²) in [5.41, 5.74) is 3.27. The van der Waals surface area contributed by atoms with Crippen LogP contribution in [0, 0.1) is 13.8 Å². The minimum Gasteiger partial charge on any atom is -0.342 e. The summed E-state index contributed by atoms with van der Waals surface area (Å²) in [7, 11) is 1.81. The van der Waals surface area contributed by atoms with Crippen molar-refractivity contribution >= 4 is 40.9 Å². The lowest BCUT2D eigenvalue weighted by Gasteiger charge is -2.13. The number of aromatic nitrogens is 3. The highest BCUT2D eigenvalue weighted by Gasteiger charge is 2.19. The Balaban J connectivity index is 1.57. The molecule has 0 aliphatic heterocycles. The van der Waals surface area contributed by atoms with E-state index in [9.17, 15) is 9.59 Å². The highest BCUT2D eigenvalue weighted by atomic mass is 35.5. The first-order valence-electron chi connectivity index (χ1n) is 9.70. The molecule has 1 heterocycles. The molecule has 0 aliphatic carbocycles. The van der Waals surface area contributed by atoms with Crippen LogP contribution in [-0.2, 0) is 11.8 Å². The molecule has 0 fully saturated rings. The summed E-state index contributed by atoms with van der Waals surface area (Å²) in [6.45, 7) is 5.72. The van der Waals surface area contributed by atoms with Crippen LogP contribution in [0.15, 0.2) is 47.6 Å². The number of nitrogens with zero attached hydrogens (tertiary/aromatic N) is 3. The minimum absolute atomic E-state index is 0.168. The minimum atomic E-state index is -0.343. The van der Waals surface area contributed by atoms with Crippen LogP contribution < -0.4 is 10.6 Å². The van der Waals surface area contributed by atoms with Gasteiger partial charge >= 0.3 is 0 Å². The van der Waals surface area contributed by atoms with Gasteiger partial charge in [-0.15, -0.1) is 10.2 Å². The topological polar surface area (TPSA) is 88.9 Å². The van der Waals surface area contributed by atoms with E-state index in [2.05, 4.69) is 20.8 Å². The number of aryl methyl sites for hydroxylation is 2. The molecule has 2 N–H and O–H groups in total. The lowest BCUT2D eigenvalue weighted by Crippen LogP contribution is -2.28. The van der Waals surface area contributed by atoms with Gasteiger partial charge in [0.25, 0.3) is 5.91 Å². The molecule has 0 unspecified atom stereocenters. The number of amides is 2. The number of nitrogens with one attached hydrogen (secondary N) is 2. The number of benzene rings is 2. The SMILES string of the molecule is Cc1ccc(C(=O)N[C@H](C)c2nnc(SCC(=O)Nc3ccc(C)c(Cl)c3)n2C)cc1. The summed E-state index contributed by atoms with van der Waals surface area (Å²) in [6, 6.07) is 12.4. The van der Waals surface area contributed by atoms with Crippen LogP contribution in [0.2, 0.25) is 5.02 Å². The maximum Gasteiger partial charge on any atom is 0.251 e. The van der Waals surface area contributed by atoms with Crippen LogP contribution in [0.3, 0.4) is 0 Å². The van der Waals surface area contributed by atoms with Crippen molar-refractivity contribution in [2.24, 2.45) is 7.05 Å². The van der Waals surface area contributed by atoms with E-state index in [-0.39, 0.29) is 23.6 Å². The molecule has 1 atom stereocenters. The van der Waals surface area contributed by atoms with Gasteiger partial charge in [0.2, 0.25) is 5.91 Å². The van der Waals surface area contributed by atoms with Gasteiger partial charge in [-0.25, -0.2) is 0 Å². The summed E-state index contributed by atoms with van der Waals surface area (Å²) in [5.74, 6) is 0.423. The third-order valence-electron chi connectivity index (χ3n) is 4.71. The lowest BCUT2D eigenvalue weighted by atomic mass is 10.1. The van der Waals surface area contributed by atoms with Crippen molar-refractivity contribution in [3.05, 3.63) is 70.0 Å². The second-order valence-electron chi connectivity index (χ2n) is 7.26. The number of carbonyl (C=O) groups excluding carboxylic acids is 2. The van der Waals surface area contributed by atoms with Crippen molar-refractivity contribution in [2.45, 2.75) is 32.0 Å². The second-order valence-corrected chi connectivity index (χ2v) is 8.61. The number of halogens is 1. The molecule has 0 saturated carbocycles. The normalized spacial score (nSPS) is 11.8. The van der Waals surface area contributed by atoms with E-state index in [1.165, 1.54) is 11.8 Å². The molecule has 2 aromatic carbocycles. The van der Waals surface area contributed by atoms with E-state index in [0.717, 1.165) is 11.1 Å². The summed E-state index contributed by atoms with van der Waals surface area (Å²) in [6.07, 6.45) is 0. The van der Waals surface area contributed by atoms with Gasteiger partial charge < -0.3 is 15.2 Å². The highest BCUT2D eigenvalue weighted by molar-refractivity contribution is 7.99. The van der Waals surface area contributed by atoms with Crippen LogP contribution in [0.4, 0.5) is 5.69 Å². The van der Waals surface area contributed by atoms with Gasteiger partial charge in [0, 0.05) is 23.3 Å². The number of hydrogen-bond donors (Lipinski definition) is 2. The third kappa shape index (κ3) is 5.86. The first-order valence-corrected chi connectivity index (χ1v) is 11.1. The lowest BCUT2D eigenvalue weighted by molar-refractivity contribution is -0.113. The zero-order valence-corrected chi connectivity index (χ0v) is 19.3. The Morgan fingerprint density at radius 2 is 1.84 bits per heavy atom. The summed E-state index contributed by atoms with van der Waals surface area (Å²) in [5, 5.41) is 15.3. The van der Waals surface area contributed by atoms with Crippen molar-refractivity contribution < 1.29 is 9.59 Å². The van der Waals surface area contributed by atoms with Crippen molar-refractivity contribution in [3.63, 3.8) is 0 Å².